The fraction of sp³-hybridized carbons (Fsp3) is 0.0870. The molecular formula is C23H19ClN4O. The standard InChI is InChI=1S/C23H19ClN4O/c1-16-12-18(7-9-22(16)29-19-5-3-11-25-14-19)28-23-20-13-17(4-2-10-24)6-8-21(20)26-15-27-23/h2-9,11-15H,10H2,1H3,(H,26,27,28). The van der Waals surface area contributed by atoms with Gasteiger partial charge in [0.1, 0.15) is 23.6 Å². The third-order valence-electron chi connectivity index (χ3n) is 4.36. The van der Waals surface area contributed by atoms with Crippen LogP contribution in [-0.2, 0) is 0 Å². The fourth-order valence-electron chi connectivity index (χ4n) is 2.97. The Hall–Kier alpha value is -3.44. The van der Waals surface area contributed by atoms with Gasteiger partial charge in [0.2, 0.25) is 0 Å². The van der Waals surface area contributed by atoms with Crippen LogP contribution in [0.4, 0.5) is 11.5 Å². The van der Waals surface area contributed by atoms with Crippen molar-refractivity contribution in [2.45, 2.75) is 6.92 Å². The summed E-state index contributed by atoms with van der Waals surface area (Å²) in [6, 6.07) is 15.7. The van der Waals surface area contributed by atoms with Gasteiger partial charge in [-0.1, -0.05) is 18.2 Å². The molecule has 0 saturated heterocycles. The number of alkyl halides is 1. The maximum Gasteiger partial charge on any atom is 0.145 e. The Bertz CT molecular complexity index is 1160. The first-order chi connectivity index (χ1) is 14.2. The van der Waals surface area contributed by atoms with Crippen LogP contribution in [-0.4, -0.2) is 20.8 Å². The SMILES string of the molecule is Cc1cc(Nc2ncnc3ccc(C=CCCl)cc23)ccc1Oc1cccnc1. The number of ether oxygens (including phenoxy) is 1. The number of rotatable bonds is 6. The Kier molecular flexibility index (Phi) is 5.68. The lowest BCUT2D eigenvalue weighted by Crippen LogP contribution is -1.97. The van der Waals surface area contributed by atoms with Gasteiger partial charge in [-0.05, 0) is 60.5 Å². The predicted octanol–water partition coefficient (Wildman–Crippen LogP) is 6.12. The molecule has 4 rings (SSSR count). The van der Waals surface area contributed by atoms with Crippen LogP contribution >= 0.6 is 11.6 Å². The lowest BCUT2D eigenvalue weighted by molar-refractivity contribution is 0.476. The summed E-state index contributed by atoms with van der Waals surface area (Å²) in [6.07, 6.45) is 8.86. The topological polar surface area (TPSA) is 59.9 Å². The minimum atomic E-state index is 0.473. The average Bonchev–Trinajstić information content (AvgIpc) is 2.75. The number of fused-ring (bicyclic) bond motifs is 1. The molecule has 2 heterocycles. The molecule has 0 atom stereocenters. The summed E-state index contributed by atoms with van der Waals surface area (Å²) in [7, 11) is 0. The number of halogens is 1. The van der Waals surface area contributed by atoms with Crippen molar-refractivity contribution in [3.63, 3.8) is 0 Å². The highest BCUT2D eigenvalue weighted by Gasteiger charge is 2.07. The zero-order valence-corrected chi connectivity index (χ0v) is 16.6. The van der Waals surface area contributed by atoms with Crippen molar-refractivity contribution in [3.05, 3.63) is 84.5 Å². The number of pyridine rings is 1. The lowest BCUT2D eigenvalue weighted by Gasteiger charge is -2.12. The summed E-state index contributed by atoms with van der Waals surface area (Å²) in [5, 5.41) is 4.34. The van der Waals surface area contributed by atoms with Gasteiger partial charge >= 0.3 is 0 Å². The molecule has 0 fully saturated rings. The molecule has 6 heteroatoms. The number of allylic oxidation sites excluding steroid dienone is 1. The van der Waals surface area contributed by atoms with E-state index >= 15 is 0 Å². The average molecular weight is 403 g/mol. The van der Waals surface area contributed by atoms with Crippen molar-refractivity contribution in [3.8, 4) is 11.5 Å². The second-order valence-corrected chi connectivity index (χ2v) is 6.76. The van der Waals surface area contributed by atoms with Gasteiger partial charge in [0, 0.05) is 23.2 Å². The minimum absolute atomic E-state index is 0.473. The van der Waals surface area contributed by atoms with Gasteiger partial charge in [-0.15, -0.1) is 11.6 Å². The Labute approximate surface area is 174 Å². The first-order valence-electron chi connectivity index (χ1n) is 9.16. The Morgan fingerprint density at radius 3 is 2.83 bits per heavy atom. The third-order valence-corrected chi connectivity index (χ3v) is 4.54. The summed E-state index contributed by atoms with van der Waals surface area (Å²) in [5.74, 6) is 2.71. The summed E-state index contributed by atoms with van der Waals surface area (Å²) < 4.78 is 5.90. The van der Waals surface area contributed by atoms with Crippen molar-refractivity contribution in [2.75, 3.05) is 11.2 Å². The van der Waals surface area contributed by atoms with E-state index in [1.807, 2.05) is 67.6 Å². The Balaban J connectivity index is 1.61. The monoisotopic (exact) mass is 402 g/mol. The van der Waals surface area contributed by atoms with E-state index in [1.54, 1.807) is 18.7 Å². The van der Waals surface area contributed by atoms with E-state index in [2.05, 4.69) is 20.3 Å². The summed E-state index contributed by atoms with van der Waals surface area (Å²) >= 11 is 5.75. The molecule has 29 heavy (non-hydrogen) atoms. The molecule has 0 spiro atoms. The number of hydrogen-bond donors (Lipinski definition) is 1. The van der Waals surface area contributed by atoms with E-state index in [0.717, 1.165) is 39.3 Å². The first kappa shape index (κ1) is 18.9. The van der Waals surface area contributed by atoms with E-state index in [1.165, 1.54) is 0 Å². The molecule has 0 bridgehead atoms. The summed E-state index contributed by atoms with van der Waals surface area (Å²) in [6.45, 7) is 2.00. The number of hydrogen-bond acceptors (Lipinski definition) is 5. The largest absolute Gasteiger partial charge is 0.455 e. The molecule has 2 aromatic carbocycles. The van der Waals surface area contributed by atoms with Gasteiger partial charge in [0.25, 0.3) is 0 Å². The van der Waals surface area contributed by atoms with Gasteiger partial charge < -0.3 is 10.1 Å². The Morgan fingerprint density at radius 1 is 1.10 bits per heavy atom. The van der Waals surface area contributed by atoms with Gasteiger partial charge in [-0.25, -0.2) is 9.97 Å². The van der Waals surface area contributed by atoms with Crippen LogP contribution in [0.1, 0.15) is 11.1 Å². The van der Waals surface area contributed by atoms with Crippen LogP contribution in [0.25, 0.3) is 17.0 Å². The molecule has 0 unspecified atom stereocenters. The van der Waals surface area contributed by atoms with Gasteiger partial charge in [0.05, 0.1) is 11.7 Å². The van der Waals surface area contributed by atoms with Crippen LogP contribution in [0.5, 0.6) is 11.5 Å². The smallest absolute Gasteiger partial charge is 0.145 e. The quantitative estimate of drug-likeness (QED) is 0.393. The molecule has 144 valence electrons. The number of anilines is 2. The van der Waals surface area contributed by atoms with Crippen molar-refractivity contribution >= 4 is 40.1 Å². The zero-order valence-electron chi connectivity index (χ0n) is 15.8. The molecule has 5 nitrogen and oxygen atoms in total. The first-order valence-corrected chi connectivity index (χ1v) is 9.69. The molecule has 2 aromatic heterocycles. The van der Waals surface area contributed by atoms with Crippen molar-refractivity contribution < 1.29 is 4.74 Å². The predicted molar refractivity (Wildman–Crippen MR) is 118 cm³/mol. The highest BCUT2D eigenvalue weighted by Crippen LogP contribution is 2.29. The molecule has 1 N–H and O–H groups in total. The lowest BCUT2D eigenvalue weighted by atomic mass is 10.1. The van der Waals surface area contributed by atoms with Crippen LogP contribution in [0.2, 0.25) is 0 Å². The Morgan fingerprint density at radius 2 is 2.03 bits per heavy atom. The highest BCUT2D eigenvalue weighted by atomic mass is 35.5. The molecule has 0 aliphatic carbocycles. The minimum Gasteiger partial charge on any atom is -0.455 e. The van der Waals surface area contributed by atoms with Gasteiger partial charge in [-0.3, -0.25) is 4.98 Å². The maximum atomic E-state index is 5.90. The zero-order chi connectivity index (χ0) is 20.1. The molecular weight excluding hydrogens is 384 g/mol. The van der Waals surface area contributed by atoms with Crippen molar-refractivity contribution in [1.29, 1.82) is 0 Å². The molecule has 0 amide bonds. The fourth-order valence-corrected chi connectivity index (χ4v) is 3.06. The molecule has 0 saturated carbocycles. The number of nitrogens with one attached hydrogen (secondary N) is 1. The van der Waals surface area contributed by atoms with Crippen molar-refractivity contribution in [2.24, 2.45) is 0 Å². The third kappa shape index (κ3) is 4.52. The number of benzene rings is 2. The summed E-state index contributed by atoms with van der Waals surface area (Å²) in [5.41, 5.74) is 3.84. The van der Waals surface area contributed by atoms with Crippen molar-refractivity contribution in [1.82, 2.24) is 15.0 Å². The van der Waals surface area contributed by atoms with E-state index < -0.39 is 0 Å². The van der Waals surface area contributed by atoms with E-state index in [9.17, 15) is 0 Å². The number of aromatic nitrogens is 3. The van der Waals surface area contributed by atoms with E-state index in [4.69, 9.17) is 16.3 Å². The van der Waals surface area contributed by atoms with E-state index in [-0.39, 0.29) is 0 Å². The van der Waals surface area contributed by atoms with Crippen LogP contribution < -0.4 is 10.1 Å². The molecule has 0 radical (unpaired) electrons. The van der Waals surface area contributed by atoms with Gasteiger partial charge in [0.15, 0.2) is 0 Å². The normalized spacial score (nSPS) is 11.1. The maximum absolute atomic E-state index is 5.90. The molecule has 0 aliphatic heterocycles. The second-order valence-electron chi connectivity index (χ2n) is 6.45. The van der Waals surface area contributed by atoms with Crippen LogP contribution in [0, 0.1) is 6.92 Å². The number of nitrogens with zero attached hydrogens (tertiary/aromatic N) is 3. The second kappa shape index (κ2) is 8.71. The number of aryl methyl sites for hydroxylation is 1. The molecule has 4 aromatic rings. The van der Waals surface area contributed by atoms with E-state index in [0.29, 0.717) is 11.6 Å². The van der Waals surface area contributed by atoms with Crippen LogP contribution in [0.3, 0.4) is 0 Å². The van der Waals surface area contributed by atoms with Gasteiger partial charge in [-0.2, -0.15) is 0 Å². The summed E-state index contributed by atoms with van der Waals surface area (Å²) in [4.78, 5) is 12.9. The molecule has 0 aliphatic rings. The van der Waals surface area contributed by atoms with Crippen LogP contribution in [0.15, 0.2) is 73.3 Å². The highest BCUT2D eigenvalue weighted by molar-refractivity contribution is 6.19.